The van der Waals surface area contributed by atoms with Gasteiger partial charge < -0.3 is 0 Å². The maximum Gasteiger partial charge on any atom is 0.355 e. The maximum absolute atomic E-state index is 11.6. The third kappa shape index (κ3) is 8.89. The molecule has 0 bridgehead atoms. The van der Waals surface area contributed by atoms with E-state index < -0.39 is 11.9 Å². The van der Waals surface area contributed by atoms with Crippen LogP contribution in [0.3, 0.4) is 0 Å². The van der Waals surface area contributed by atoms with Gasteiger partial charge in [0.25, 0.3) is 0 Å². The van der Waals surface area contributed by atoms with E-state index in [0.717, 1.165) is 11.1 Å². The van der Waals surface area contributed by atoms with Crippen molar-refractivity contribution in [3.05, 3.63) is 81.9 Å². The molecule has 0 radical (unpaired) electrons. The SMILES string of the molecule is O=C(CCC=Cc1ccc(Cl)cc1)OOC(=O)CCC=Cc1ccc(Cl)cc1. The van der Waals surface area contributed by atoms with E-state index in [4.69, 9.17) is 23.2 Å². The van der Waals surface area contributed by atoms with Crippen molar-refractivity contribution in [3.63, 3.8) is 0 Å². The predicted octanol–water partition coefficient (Wildman–Crippen LogP) is 6.28. The lowest BCUT2D eigenvalue weighted by molar-refractivity contribution is -0.259. The van der Waals surface area contributed by atoms with E-state index >= 15 is 0 Å². The van der Waals surface area contributed by atoms with Gasteiger partial charge in [-0.1, -0.05) is 71.8 Å². The quantitative estimate of drug-likeness (QED) is 0.373. The molecule has 4 nitrogen and oxygen atoms in total. The zero-order valence-corrected chi connectivity index (χ0v) is 16.7. The van der Waals surface area contributed by atoms with Crippen LogP contribution in [0.1, 0.15) is 36.8 Å². The first-order valence-electron chi connectivity index (χ1n) is 8.77. The third-order valence-electron chi connectivity index (χ3n) is 3.62. The number of allylic oxidation sites excluding steroid dienone is 2. The molecule has 28 heavy (non-hydrogen) atoms. The third-order valence-corrected chi connectivity index (χ3v) is 4.12. The Balaban J connectivity index is 1.58. The normalized spacial score (nSPS) is 11.1. The second-order valence-electron chi connectivity index (χ2n) is 5.90. The zero-order chi connectivity index (χ0) is 20.2. The van der Waals surface area contributed by atoms with Crippen LogP contribution in [0.2, 0.25) is 10.0 Å². The highest BCUT2D eigenvalue weighted by atomic mass is 35.5. The molecule has 0 aliphatic rings. The van der Waals surface area contributed by atoms with Gasteiger partial charge in [-0.05, 0) is 48.2 Å². The first-order chi connectivity index (χ1) is 13.5. The highest BCUT2D eigenvalue weighted by Gasteiger charge is 2.08. The Kier molecular flexibility index (Phi) is 9.32. The van der Waals surface area contributed by atoms with Crippen molar-refractivity contribution >= 4 is 47.3 Å². The standard InChI is InChI=1S/C22H20Cl2O4/c23-19-13-9-17(10-14-19)5-1-3-7-21(25)27-28-22(26)8-4-2-6-18-11-15-20(24)16-12-18/h1-2,5-6,9-16H,3-4,7-8H2. The largest absolute Gasteiger partial charge is 0.355 e. The average molecular weight is 419 g/mol. The molecule has 0 atom stereocenters. The molecule has 0 amide bonds. The summed E-state index contributed by atoms with van der Waals surface area (Å²) in [5.41, 5.74) is 1.96. The molecule has 6 heteroatoms. The Morgan fingerprint density at radius 3 is 1.39 bits per heavy atom. The summed E-state index contributed by atoms with van der Waals surface area (Å²) in [5.74, 6) is -1.18. The van der Waals surface area contributed by atoms with Gasteiger partial charge in [0, 0.05) is 10.0 Å². The van der Waals surface area contributed by atoms with Crippen molar-refractivity contribution in [1.29, 1.82) is 0 Å². The minimum absolute atomic E-state index is 0.119. The summed E-state index contributed by atoms with van der Waals surface area (Å²) >= 11 is 11.6. The van der Waals surface area contributed by atoms with Gasteiger partial charge in [0.1, 0.15) is 0 Å². The number of hydrogen-bond donors (Lipinski definition) is 0. The summed E-state index contributed by atoms with van der Waals surface area (Å²) < 4.78 is 0. The first kappa shape index (κ1) is 21.7. The van der Waals surface area contributed by atoms with Gasteiger partial charge in [-0.25, -0.2) is 19.4 Å². The Bertz CT molecular complexity index is 753. The van der Waals surface area contributed by atoms with Crippen LogP contribution >= 0.6 is 23.2 Å². The van der Waals surface area contributed by atoms with Gasteiger partial charge in [-0.15, -0.1) is 0 Å². The summed E-state index contributed by atoms with van der Waals surface area (Å²) in [6.07, 6.45) is 8.63. The molecule has 0 spiro atoms. The molecule has 0 aliphatic heterocycles. The van der Waals surface area contributed by atoms with Crippen LogP contribution in [-0.4, -0.2) is 11.9 Å². The minimum Gasteiger partial charge on any atom is -0.247 e. The fourth-order valence-corrected chi connectivity index (χ4v) is 2.42. The molecule has 0 N–H and O–H groups in total. The number of carbonyl (C=O) groups is 2. The predicted molar refractivity (Wildman–Crippen MR) is 112 cm³/mol. The minimum atomic E-state index is -0.592. The number of halogens is 2. The lowest BCUT2D eigenvalue weighted by Crippen LogP contribution is -2.10. The fourth-order valence-electron chi connectivity index (χ4n) is 2.17. The van der Waals surface area contributed by atoms with Crippen LogP contribution < -0.4 is 0 Å². The van der Waals surface area contributed by atoms with Gasteiger partial charge in [0.2, 0.25) is 0 Å². The Morgan fingerprint density at radius 1 is 0.679 bits per heavy atom. The monoisotopic (exact) mass is 418 g/mol. The number of rotatable bonds is 8. The van der Waals surface area contributed by atoms with Crippen molar-refractivity contribution in [3.8, 4) is 0 Å². The highest BCUT2D eigenvalue weighted by Crippen LogP contribution is 2.12. The molecule has 0 saturated carbocycles. The second kappa shape index (κ2) is 12.0. The molecule has 0 unspecified atom stereocenters. The van der Waals surface area contributed by atoms with Crippen LogP contribution in [0.5, 0.6) is 0 Å². The summed E-state index contributed by atoms with van der Waals surface area (Å²) in [4.78, 5) is 32.2. The van der Waals surface area contributed by atoms with Crippen LogP contribution in [0.15, 0.2) is 60.7 Å². The van der Waals surface area contributed by atoms with E-state index in [9.17, 15) is 9.59 Å². The van der Waals surface area contributed by atoms with Crippen molar-refractivity contribution < 1.29 is 19.4 Å². The summed E-state index contributed by atoms with van der Waals surface area (Å²) in [5, 5.41) is 1.34. The van der Waals surface area contributed by atoms with Crippen molar-refractivity contribution in [1.82, 2.24) is 0 Å². The second-order valence-corrected chi connectivity index (χ2v) is 6.77. The molecule has 2 aromatic carbocycles. The zero-order valence-electron chi connectivity index (χ0n) is 15.1. The molecule has 2 rings (SSSR count). The molecule has 0 saturated heterocycles. The molecular weight excluding hydrogens is 399 g/mol. The van der Waals surface area contributed by atoms with Crippen LogP contribution in [-0.2, 0) is 19.4 Å². The maximum atomic E-state index is 11.6. The summed E-state index contributed by atoms with van der Waals surface area (Å²) in [6, 6.07) is 14.7. The fraction of sp³-hybridized carbons (Fsp3) is 0.182. The van der Waals surface area contributed by atoms with Crippen LogP contribution in [0, 0.1) is 0 Å². The van der Waals surface area contributed by atoms with Gasteiger partial charge >= 0.3 is 11.9 Å². The molecule has 146 valence electrons. The Hall–Kier alpha value is -2.56. The van der Waals surface area contributed by atoms with E-state index in [-0.39, 0.29) is 12.8 Å². The number of hydrogen-bond acceptors (Lipinski definition) is 4. The van der Waals surface area contributed by atoms with Gasteiger partial charge in [-0.3, -0.25) is 0 Å². The lowest BCUT2D eigenvalue weighted by Gasteiger charge is -2.01. The number of benzene rings is 2. The van der Waals surface area contributed by atoms with Crippen LogP contribution in [0.25, 0.3) is 12.2 Å². The Labute approximate surface area is 174 Å². The molecule has 2 aromatic rings. The van der Waals surface area contributed by atoms with E-state index in [0.29, 0.717) is 22.9 Å². The summed E-state index contributed by atoms with van der Waals surface area (Å²) in [7, 11) is 0. The van der Waals surface area contributed by atoms with Crippen LogP contribution in [0.4, 0.5) is 0 Å². The van der Waals surface area contributed by atoms with E-state index in [2.05, 4.69) is 9.78 Å². The van der Waals surface area contributed by atoms with E-state index in [1.165, 1.54) is 0 Å². The molecule has 0 aliphatic carbocycles. The average Bonchev–Trinajstić information content (AvgIpc) is 2.69. The van der Waals surface area contributed by atoms with Gasteiger partial charge in [-0.2, -0.15) is 0 Å². The van der Waals surface area contributed by atoms with Gasteiger partial charge in [0.15, 0.2) is 0 Å². The van der Waals surface area contributed by atoms with Crippen molar-refractivity contribution in [2.24, 2.45) is 0 Å². The van der Waals surface area contributed by atoms with E-state index in [1.807, 2.05) is 48.6 Å². The Morgan fingerprint density at radius 2 is 1.04 bits per heavy atom. The molecular formula is C22H20Cl2O4. The lowest BCUT2D eigenvalue weighted by atomic mass is 10.2. The van der Waals surface area contributed by atoms with Gasteiger partial charge in [0.05, 0.1) is 12.8 Å². The topological polar surface area (TPSA) is 52.6 Å². The smallest absolute Gasteiger partial charge is 0.247 e. The van der Waals surface area contributed by atoms with Crippen molar-refractivity contribution in [2.75, 3.05) is 0 Å². The summed E-state index contributed by atoms with van der Waals surface area (Å²) in [6.45, 7) is 0. The number of carbonyl (C=O) groups excluding carboxylic acids is 2. The van der Waals surface area contributed by atoms with E-state index in [1.54, 1.807) is 24.3 Å². The van der Waals surface area contributed by atoms with Crippen molar-refractivity contribution in [2.45, 2.75) is 25.7 Å². The molecule has 0 heterocycles. The molecule has 0 aromatic heterocycles. The highest BCUT2D eigenvalue weighted by molar-refractivity contribution is 6.30. The first-order valence-corrected chi connectivity index (χ1v) is 9.53. The molecule has 0 fully saturated rings.